The van der Waals surface area contributed by atoms with Gasteiger partial charge in [-0.05, 0) is 19.4 Å². The van der Waals surface area contributed by atoms with Gasteiger partial charge in [-0.1, -0.05) is 0 Å². The first-order valence-electron chi connectivity index (χ1n) is 5.48. The molecule has 0 unspecified atom stereocenters. The SMILES string of the molecule is c1cn(CCCCNCc2cscn2)cn1. The Kier molecular flexibility index (Phi) is 4.51. The maximum absolute atomic E-state index is 4.22. The highest BCUT2D eigenvalue weighted by atomic mass is 32.1. The normalized spacial score (nSPS) is 10.8. The fourth-order valence-corrected chi connectivity index (χ4v) is 2.06. The van der Waals surface area contributed by atoms with Gasteiger partial charge < -0.3 is 9.88 Å². The quantitative estimate of drug-likeness (QED) is 0.747. The van der Waals surface area contributed by atoms with Crippen molar-refractivity contribution in [3.05, 3.63) is 35.3 Å². The molecule has 0 atom stereocenters. The lowest BCUT2D eigenvalue weighted by Gasteiger charge is -2.03. The Morgan fingerprint density at radius 1 is 1.38 bits per heavy atom. The zero-order valence-electron chi connectivity index (χ0n) is 9.17. The molecule has 1 N–H and O–H groups in total. The van der Waals surface area contributed by atoms with Gasteiger partial charge in [0.05, 0.1) is 17.5 Å². The van der Waals surface area contributed by atoms with E-state index in [-0.39, 0.29) is 0 Å². The smallest absolute Gasteiger partial charge is 0.0945 e. The molecule has 0 aliphatic rings. The minimum absolute atomic E-state index is 0.884. The molecule has 2 aromatic rings. The maximum Gasteiger partial charge on any atom is 0.0945 e. The largest absolute Gasteiger partial charge is 0.337 e. The molecular formula is C11H16N4S. The van der Waals surface area contributed by atoms with Crippen molar-refractivity contribution in [3.8, 4) is 0 Å². The van der Waals surface area contributed by atoms with Crippen LogP contribution in [0.3, 0.4) is 0 Å². The summed E-state index contributed by atoms with van der Waals surface area (Å²) in [5.74, 6) is 0. The standard InChI is InChI=1S/C11H16N4S/c1(2-5-15-6-4-13-9-15)3-12-7-11-8-16-10-14-11/h4,6,8-10,12H,1-3,5,7H2. The second kappa shape index (κ2) is 6.40. The zero-order valence-corrected chi connectivity index (χ0v) is 9.99. The molecule has 0 aliphatic carbocycles. The van der Waals surface area contributed by atoms with E-state index in [0.29, 0.717) is 0 Å². The van der Waals surface area contributed by atoms with E-state index < -0.39 is 0 Å². The van der Waals surface area contributed by atoms with E-state index in [2.05, 4.69) is 25.2 Å². The molecule has 16 heavy (non-hydrogen) atoms. The Hall–Kier alpha value is -1.20. The lowest BCUT2D eigenvalue weighted by molar-refractivity contribution is 0.566. The molecule has 0 saturated heterocycles. The first kappa shape index (κ1) is 11.3. The van der Waals surface area contributed by atoms with Crippen molar-refractivity contribution in [2.24, 2.45) is 0 Å². The molecule has 0 radical (unpaired) electrons. The van der Waals surface area contributed by atoms with Crippen LogP contribution in [0.5, 0.6) is 0 Å². The number of aromatic nitrogens is 3. The molecule has 0 bridgehead atoms. The van der Waals surface area contributed by atoms with Crippen molar-refractivity contribution in [2.75, 3.05) is 6.54 Å². The number of hydrogen-bond donors (Lipinski definition) is 1. The summed E-state index contributed by atoms with van der Waals surface area (Å²) in [5.41, 5.74) is 3.01. The van der Waals surface area contributed by atoms with Gasteiger partial charge in [0.2, 0.25) is 0 Å². The van der Waals surface area contributed by atoms with E-state index in [1.165, 1.54) is 12.8 Å². The van der Waals surface area contributed by atoms with Crippen LogP contribution in [0.15, 0.2) is 29.6 Å². The molecule has 0 saturated carbocycles. The third-order valence-electron chi connectivity index (χ3n) is 2.37. The number of thiazole rings is 1. The van der Waals surface area contributed by atoms with Crippen LogP contribution in [-0.4, -0.2) is 21.1 Å². The van der Waals surface area contributed by atoms with Gasteiger partial charge in [-0.2, -0.15) is 0 Å². The average molecular weight is 236 g/mol. The summed E-state index contributed by atoms with van der Waals surface area (Å²) >= 11 is 1.64. The second-order valence-electron chi connectivity index (χ2n) is 3.66. The predicted molar refractivity (Wildman–Crippen MR) is 65.3 cm³/mol. The minimum Gasteiger partial charge on any atom is -0.337 e. The number of imidazole rings is 1. The summed E-state index contributed by atoms with van der Waals surface area (Å²) in [6.45, 7) is 2.99. The second-order valence-corrected chi connectivity index (χ2v) is 4.38. The van der Waals surface area contributed by atoms with Crippen molar-refractivity contribution in [1.29, 1.82) is 0 Å². The third kappa shape index (κ3) is 3.75. The van der Waals surface area contributed by atoms with Crippen LogP contribution in [0.2, 0.25) is 0 Å². The highest BCUT2D eigenvalue weighted by molar-refractivity contribution is 7.07. The molecule has 0 fully saturated rings. The van der Waals surface area contributed by atoms with Crippen LogP contribution in [-0.2, 0) is 13.1 Å². The first-order valence-corrected chi connectivity index (χ1v) is 6.43. The molecule has 0 aliphatic heterocycles. The molecule has 4 nitrogen and oxygen atoms in total. The minimum atomic E-state index is 0.884. The summed E-state index contributed by atoms with van der Waals surface area (Å²) in [6.07, 6.45) is 8.05. The summed E-state index contributed by atoms with van der Waals surface area (Å²) < 4.78 is 2.11. The monoisotopic (exact) mass is 236 g/mol. The topological polar surface area (TPSA) is 42.7 Å². The number of nitrogens with zero attached hydrogens (tertiary/aromatic N) is 3. The molecule has 5 heteroatoms. The summed E-state index contributed by atoms with van der Waals surface area (Å²) in [6, 6.07) is 0. The van der Waals surface area contributed by atoms with Crippen LogP contribution in [0.25, 0.3) is 0 Å². The van der Waals surface area contributed by atoms with Gasteiger partial charge >= 0.3 is 0 Å². The van der Waals surface area contributed by atoms with E-state index >= 15 is 0 Å². The molecule has 0 amide bonds. The Morgan fingerprint density at radius 2 is 2.38 bits per heavy atom. The highest BCUT2D eigenvalue weighted by Crippen LogP contribution is 2.00. The molecule has 2 heterocycles. The van der Waals surface area contributed by atoms with Crippen LogP contribution < -0.4 is 5.32 Å². The van der Waals surface area contributed by atoms with Crippen molar-refractivity contribution in [1.82, 2.24) is 19.9 Å². The van der Waals surface area contributed by atoms with Gasteiger partial charge in [0.15, 0.2) is 0 Å². The van der Waals surface area contributed by atoms with Gasteiger partial charge in [-0.3, -0.25) is 0 Å². The van der Waals surface area contributed by atoms with Gasteiger partial charge in [-0.15, -0.1) is 11.3 Å². The van der Waals surface area contributed by atoms with E-state index in [0.717, 1.165) is 25.3 Å². The maximum atomic E-state index is 4.22. The van der Waals surface area contributed by atoms with E-state index in [1.54, 1.807) is 11.3 Å². The lowest BCUT2D eigenvalue weighted by atomic mass is 10.3. The zero-order chi connectivity index (χ0) is 11.1. The van der Waals surface area contributed by atoms with Gasteiger partial charge in [0, 0.05) is 30.9 Å². The van der Waals surface area contributed by atoms with Crippen molar-refractivity contribution >= 4 is 11.3 Å². The van der Waals surface area contributed by atoms with Crippen LogP contribution in [0.4, 0.5) is 0 Å². The summed E-state index contributed by atoms with van der Waals surface area (Å²) in [7, 11) is 0. The number of hydrogen-bond acceptors (Lipinski definition) is 4. The van der Waals surface area contributed by atoms with Crippen molar-refractivity contribution in [3.63, 3.8) is 0 Å². The molecule has 0 spiro atoms. The first-order chi connectivity index (χ1) is 7.95. The summed E-state index contributed by atoms with van der Waals surface area (Å²) in [5, 5.41) is 5.47. The molecule has 2 aromatic heterocycles. The van der Waals surface area contributed by atoms with E-state index in [4.69, 9.17) is 0 Å². The van der Waals surface area contributed by atoms with Gasteiger partial charge in [0.25, 0.3) is 0 Å². The number of rotatable bonds is 7. The number of unbranched alkanes of at least 4 members (excludes halogenated alkanes) is 1. The van der Waals surface area contributed by atoms with Crippen LogP contribution in [0.1, 0.15) is 18.5 Å². The average Bonchev–Trinajstić information content (AvgIpc) is 2.96. The van der Waals surface area contributed by atoms with E-state index in [9.17, 15) is 0 Å². The summed E-state index contributed by atoms with van der Waals surface area (Å²) in [4.78, 5) is 8.23. The van der Waals surface area contributed by atoms with Crippen molar-refractivity contribution < 1.29 is 0 Å². The number of aryl methyl sites for hydroxylation is 1. The Bertz CT molecular complexity index is 330. The van der Waals surface area contributed by atoms with E-state index in [1.807, 2.05) is 24.2 Å². The molecule has 86 valence electrons. The van der Waals surface area contributed by atoms with Gasteiger partial charge in [-0.25, -0.2) is 9.97 Å². The van der Waals surface area contributed by atoms with Gasteiger partial charge in [0.1, 0.15) is 0 Å². The fourth-order valence-electron chi connectivity index (χ4n) is 1.50. The fraction of sp³-hybridized carbons (Fsp3) is 0.455. The predicted octanol–water partition coefficient (Wildman–Crippen LogP) is 1.91. The number of nitrogens with one attached hydrogen (secondary N) is 1. The Balaban J connectivity index is 1.49. The molecular weight excluding hydrogens is 220 g/mol. The highest BCUT2D eigenvalue weighted by Gasteiger charge is 1.94. The van der Waals surface area contributed by atoms with Crippen LogP contribution in [0, 0.1) is 0 Å². The molecule has 2 rings (SSSR count). The Morgan fingerprint density at radius 3 is 3.12 bits per heavy atom. The lowest BCUT2D eigenvalue weighted by Crippen LogP contribution is -2.15. The van der Waals surface area contributed by atoms with Crippen LogP contribution >= 0.6 is 11.3 Å². The van der Waals surface area contributed by atoms with Crippen molar-refractivity contribution in [2.45, 2.75) is 25.9 Å². The molecule has 0 aromatic carbocycles. The third-order valence-corrected chi connectivity index (χ3v) is 3.00. The Labute approximate surface area is 99.4 Å².